The van der Waals surface area contributed by atoms with E-state index in [-0.39, 0.29) is 6.61 Å². The molecule has 0 aliphatic carbocycles. The molecular formula is C13H22O10. The second-order valence-corrected chi connectivity index (χ2v) is 5.87. The molecule has 3 rings (SSSR count). The zero-order valence-electron chi connectivity index (χ0n) is 12.5. The summed E-state index contributed by atoms with van der Waals surface area (Å²) in [7, 11) is 1.30. The van der Waals surface area contributed by atoms with Gasteiger partial charge in [-0.3, -0.25) is 0 Å². The molecule has 0 aromatic heterocycles. The predicted molar refractivity (Wildman–Crippen MR) is 70.1 cm³/mol. The molecule has 10 heteroatoms. The van der Waals surface area contributed by atoms with Crippen molar-refractivity contribution in [3.05, 3.63) is 0 Å². The summed E-state index contributed by atoms with van der Waals surface area (Å²) in [5, 5.41) is 49.6. The van der Waals surface area contributed by atoms with E-state index >= 15 is 0 Å². The molecule has 23 heavy (non-hydrogen) atoms. The van der Waals surface area contributed by atoms with Crippen LogP contribution < -0.4 is 0 Å². The van der Waals surface area contributed by atoms with Crippen molar-refractivity contribution in [2.24, 2.45) is 0 Å². The van der Waals surface area contributed by atoms with Crippen LogP contribution in [0.3, 0.4) is 0 Å². The Bertz CT molecular complexity index is 392. The van der Waals surface area contributed by atoms with Crippen molar-refractivity contribution in [3.63, 3.8) is 0 Å². The molecule has 0 saturated carbocycles. The summed E-state index contributed by atoms with van der Waals surface area (Å²) in [5.74, 6) is 0. The maximum atomic E-state index is 10.2. The lowest BCUT2D eigenvalue weighted by molar-refractivity contribution is -0.345. The third-order valence-corrected chi connectivity index (χ3v) is 4.44. The summed E-state index contributed by atoms with van der Waals surface area (Å²) >= 11 is 0. The number of hydrogen-bond donors (Lipinski definition) is 5. The largest absolute Gasteiger partial charge is 0.394 e. The molecule has 3 heterocycles. The molecule has 3 saturated heterocycles. The van der Waals surface area contributed by atoms with Crippen molar-refractivity contribution in [3.8, 4) is 0 Å². The fourth-order valence-corrected chi connectivity index (χ4v) is 3.12. The first kappa shape index (κ1) is 17.4. The van der Waals surface area contributed by atoms with E-state index in [4.69, 9.17) is 23.7 Å². The van der Waals surface area contributed by atoms with Gasteiger partial charge in [0.05, 0.1) is 13.2 Å². The van der Waals surface area contributed by atoms with E-state index in [0.717, 1.165) is 0 Å². The first-order chi connectivity index (χ1) is 11.0. The Labute approximate surface area is 132 Å². The summed E-state index contributed by atoms with van der Waals surface area (Å²) in [5.41, 5.74) is 0. The molecule has 2 unspecified atom stereocenters. The normalized spacial score (nSPS) is 53.5. The van der Waals surface area contributed by atoms with Crippen molar-refractivity contribution in [2.75, 3.05) is 20.3 Å². The number of rotatable bonds is 4. The van der Waals surface area contributed by atoms with E-state index in [1.165, 1.54) is 7.11 Å². The van der Waals surface area contributed by atoms with Gasteiger partial charge < -0.3 is 49.2 Å². The third-order valence-electron chi connectivity index (χ3n) is 4.44. The lowest BCUT2D eigenvalue weighted by Gasteiger charge is -2.44. The van der Waals surface area contributed by atoms with Gasteiger partial charge in [-0.15, -0.1) is 0 Å². The molecule has 0 aromatic rings. The Kier molecular flexibility index (Phi) is 5.18. The van der Waals surface area contributed by atoms with Gasteiger partial charge in [-0.2, -0.15) is 0 Å². The number of aliphatic hydroxyl groups excluding tert-OH is 5. The lowest BCUT2D eigenvalue weighted by atomic mass is 9.98. The number of aliphatic hydroxyl groups is 5. The highest BCUT2D eigenvalue weighted by Gasteiger charge is 2.53. The topological polar surface area (TPSA) is 147 Å². The second kappa shape index (κ2) is 6.84. The molecule has 3 aliphatic rings. The second-order valence-electron chi connectivity index (χ2n) is 5.87. The van der Waals surface area contributed by atoms with Crippen LogP contribution >= 0.6 is 0 Å². The molecule has 0 amide bonds. The average Bonchev–Trinajstić information content (AvgIpc) is 2.81. The van der Waals surface area contributed by atoms with Crippen LogP contribution in [0.5, 0.6) is 0 Å². The number of hydrogen-bond acceptors (Lipinski definition) is 10. The van der Waals surface area contributed by atoms with Crippen LogP contribution in [-0.2, 0) is 23.7 Å². The van der Waals surface area contributed by atoms with Crippen molar-refractivity contribution < 1.29 is 49.2 Å². The predicted octanol–water partition coefficient (Wildman–Crippen LogP) is -3.70. The Hall–Kier alpha value is -0.400. The molecular weight excluding hydrogens is 316 g/mol. The summed E-state index contributed by atoms with van der Waals surface area (Å²) in [6, 6.07) is 0. The van der Waals surface area contributed by atoms with Crippen LogP contribution in [0.2, 0.25) is 0 Å². The van der Waals surface area contributed by atoms with Gasteiger partial charge in [0, 0.05) is 7.11 Å². The average molecular weight is 338 g/mol. The maximum absolute atomic E-state index is 10.2. The van der Waals surface area contributed by atoms with Crippen LogP contribution in [0.15, 0.2) is 0 Å². The molecule has 0 aromatic carbocycles. The highest BCUT2D eigenvalue weighted by Crippen LogP contribution is 2.33. The van der Waals surface area contributed by atoms with Crippen molar-refractivity contribution in [2.45, 2.75) is 61.4 Å². The van der Waals surface area contributed by atoms with Crippen LogP contribution in [0.25, 0.3) is 0 Å². The Morgan fingerprint density at radius 2 is 1.70 bits per heavy atom. The maximum Gasteiger partial charge on any atom is 0.187 e. The Morgan fingerprint density at radius 3 is 2.35 bits per heavy atom. The van der Waals surface area contributed by atoms with Crippen LogP contribution in [0, 0.1) is 0 Å². The standard InChI is InChI=1S/C13H22O10/c1-19-12-9(18)11(6(15)4(2-14)21-12)23-13-8(17)10-7(16)5(22-13)3-20-10/h4-18H,2-3H2,1H3/t4-,5-,6+,7+,8-,9-,10+,11+,12?,13?/m1/s1. The van der Waals surface area contributed by atoms with Crippen molar-refractivity contribution in [1.29, 1.82) is 0 Å². The third kappa shape index (κ3) is 3.00. The smallest absolute Gasteiger partial charge is 0.187 e. The van der Waals surface area contributed by atoms with Gasteiger partial charge in [-0.25, -0.2) is 0 Å². The first-order valence-electron chi connectivity index (χ1n) is 7.41. The molecule has 0 radical (unpaired) electrons. The number of ether oxygens (including phenoxy) is 5. The van der Waals surface area contributed by atoms with E-state index in [0.29, 0.717) is 0 Å². The van der Waals surface area contributed by atoms with E-state index in [2.05, 4.69) is 0 Å². The van der Waals surface area contributed by atoms with Crippen LogP contribution in [0.1, 0.15) is 0 Å². The number of methoxy groups -OCH3 is 1. The molecule has 10 nitrogen and oxygen atoms in total. The highest BCUT2D eigenvalue weighted by molar-refractivity contribution is 4.97. The van der Waals surface area contributed by atoms with E-state index in [1.54, 1.807) is 0 Å². The van der Waals surface area contributed by atoms with Gasteiger partial charge in [0.25, 0.3) is 0 Å². The zero-order valence-corrected chi connectivity index (χ0v) is 12.5. The molecule has 134 valence electrons. The van der Waals surface area contributed by atoms with Gasteiger partial charge in [-0.05, 0) is 0 Å². The van der Waals surface area contributed by atoms with Crippen LogP contribution in [0.4, 0.5) is 0 Å². The van der Waals surface area contributed by atoms with Gasteiger partial charge in [0.15, 0.2) is 12.6 Å². The van der Waals surface area contributed by atoms with E-state index in [9.17, 15) is 25.5 Å². The van der Waals surface area contributed by atoms with Crippen molar-refractivity contribution in [1.82, 2.24) is 0 Å². The quantitative estimate of drug-likeness (QED) is 0.347. The van der Waals surface area contributed by atoms with Gasteiger partial charge >= 0.3 is 0 Å². The monoisotopic (exact) mass is 338 g/mol. The molecule has 3 aliphatic heterocycles. The zero-order chi connectivity index (χ0) is 16.7. The Balaban J connectivity index is 1.72. The Morgan fingerprint density at radius 1 is 0.957 bits per heavy atom. The van der Waals surface area contributed by atoms with Crippen LogP contribution in [-0.4, -0.2) is 107 Å². The summed E-state index contributed by atoms with van der Waals surface area (Å²) < 4.78 is 26.4. The van der Waals surface area contributed by atoms with Gasteiger partial charge in [-0.1, -0.05) is 0 Å². The summed E-state index contributed by atoms with van der Waals surface area (Å²) in [6.07, 6.45) is -11.1. The summed E-state index contributed by atoms with van der Waals surface area (Å²) in [4.78, 5) is 0. The molecule has 0 spiro atoms. The SMILES string of the molecule is COC1O[C@H](CO)[C@H](O)[C@H](OC2O[C@@H]3CO[C@@H]([C@H]3O)[C@H]2O)[C@H]1O. The molecule has 10 atom stereocenters. The molecule has 5 N–H and O–H groups in total. The fraction of sp³-hybridized carbons (Fsp3) is 1.00. The number of fused-ring (bicyclic) bond motifs is 2. The van der Waals surface area contributed by atoms with E-state index in [1.807, 2.05) is 0 Å². The molecule has 2 bridgehead atoms. The highest BCUT2D eigenvalue weighted by atomic mass is 16.7. The summed E-state index contributed by atoms with van der Waals surface area (Å²) in [6.45, 7) is -0.393. The van der Waals surface area contributed by atoms with Crippen molar-refractivity contribution >= 4 is 0 Å². The van der Waals surface area contributed by atoms with Gasteiger partial charge in [0.2, 0.25) is 0 Å². The first-order valence-corrected chi connectivity index (χ1v) is 7.41. The van der Waals surface area contributed by atoms with E-state index < -0.39 is 68.0 Å². The minimum absolute atomic E-state index is 0.113. The minimum atomic E-state index is -1.36. The fourth-order valence-electron chi connectivity index (χ4n) is 3.12. The lowest BCUT2D eigenvalue weighted by Crippen LogP contribution is -2.63. The van der Waals surface area contributed by atoms with Gasteiger partial charge in [0.1, 0.15) is 48.8 Å². The minimum Gasteiger partial charge on any atom is -0.394 e. The molecule has 3 fully saturated rings.